The predicted octanol–water partition coefficient (Wildman–Crippen LogP) is 3.94. The number of benzene rings is 1. The SMILES string of the molecule is CO[C@@H]1CCN(c2nccc(Nc3cc4c(C(C)C)ccc(N5CC(CS(C)(=O)=O)C5)c4cn3)n2)C[C@@H]1F. The van der Waals surface area contributed by atoms with Crippen LogP contribution in [0.15, 0.2) is 36.7 Å². The molecule has 204 valence electrons. The molecule has 2 aromatic heterocycles. The second-order valence-corrected chi connectivity index (χ2v) is 12.9. The Kier molecular flexibility index (Phi) is 7.41. The first-order valence-corrected chi connectivity index (χ1v) is 15.0. The average Bonchev–Trinajstić information content (AvgIpc) is 2.85. The topological polar surface area (TPSA) is 101 Å². The predicted molar refractivity (Wildman–Crippen MR) is 149 cm³/mol. The molecule has 2 aliphatic heterocycles. The van der Waals surface area contributed by atoms with Crippen molar-refractivity contribution in [3.63, 3.8) is 0 Å². The van der Waals surface area contributed by atoms with Gasteiger partial charge in [0, 0.05) is 62.4 Å². The van der Waals surface area contributed by atoms with Crippen LogP contribution in [0, 0.1) is 5.92 Å². The van der Waals surface area contributed by atoms with E-state index in [-0.39, 0.29) is 18.2 Å². The van der Waals surface area contributed by atoms with Gasteiger partial charge < -0.3 is 19.9 Å². The van der Waals surface area contributed by atoms with E-state index < -0.39 is 22.1 Å². The first-order chi connectivity index (χ1) is 18.1. The number of pyridine rings is 1. The van der Waals surface area contributed by atoms with Gasteiger partial charge in [0.25, 0.3) is 0 Å². The van der Waals surface area contributed by atoms with Gasteiger partial charge in [-0.2, -0.15) is 4.98 Å². The minimum Gasteiger partial charge on any atom is -0.378 e. The largest absolute Gasteiger partial charge is 0.378 e. The lowest BCUT2D eigenvalue weighted by atomic mass is 9.93. The van der Waals surface area contributed by atoms with E-state index in [1.807, 2.05) is 17.2 Å². The minimum atomic E-state index is -2.99. The van der Waals surface area contributed by atoms with Crippen molar-refractivity contribution in [2.45, 2.75) is 38.5 Å². The van der Waals surface area contributed by atoms with Gasteiger partial charge in [-0.3, -0.25) is 0 Å². The third-order valence-electron chi connectivity index (χ3n) is 7.34. The summed E-state index contributed by atoms with van der Waals surface area (Å²) in [6.45, 7) is 6.57. The molecule has 2 aliphatic rings. The van der Waals surface area contributed by atoms with Crippen LogP contribution in [-0.4, -0.2) is 80.9 Å². The maximum atomic E-state index is 14.4. The monoisotopic (exact) mass is 542 g/mol. The number of alkyl halides is 1. The van der Waals surface area contributed by atoms with Gasteiger partial charge in [0.05, 0.1) is 18.4 Å². The number of sulfone groups is 1. The third kappa shape index (κ3) is 5.68. The first-order valence-electron chi connectivity index (χ1n) is 13.0. The Bertz CT molecular complexity index is 1410. The van der Waals surface area contributed by atoms with E-state index in [4.69, 9.17) is 4.74 Å². The number of halogens is 1. The van der Waals surface area contributed by atoms with Crippen LogP contribution in [0.1, 0.15) is 31.7 Å². The van der Waals surface area contributed by atoms with Crippen molar-refractivity contribution in [1.82, 2.24) is 15.0 Å². The number of rotatable bonds is 8. The second kappa shape index (κ2) is 10.6. The van der Waals surface area contributed by atoms with Gasteiger partial charge in [0.2, 0.25) is 5.95 Å². The fourth-order valence-electron chi connectivity index (χ4n) is 5.43. The zero-order valence-corrected chi connectivity index (χ0v) is 23.1. The molecule has 11 heteroatoms. The Labute approximate surface area is 223 Å². The summed E-state index contributed by atoms with van der Waals surface area (Å²) < 4.78 is 43.0. The normalized spacial score (nSPS) is 20.7. The van der Waals surface area contributed by atoms with E-state index in [9.17, 15) is 12.8 Å². The molecule has 1 N–H and O–H groups in total. The number of hydrogen-bond donors (Lipinski definition) is 1. The first kappa shape index (κ1) is 26.6. The summed E-state index contributed by atoms with van der Waals surface area (Å²) in [4.78, 5) is 17.7. The second-order valence-electron chi connectivity index (χ2n) is 10.7. The highest BCUT2D eigenvalue weighted by molar-refractivity contribution is 7.90. The highest BCUT2D eigenvalue weighted by Crippen LogP contribution is 2.37. The van der Waals surface area contributed by atoms with E-state index in [1.54, 1.807) is 12.3 Å². The number of piperidine rings is 1. The number of ether oxygens (including phenoxy) is 1. The molecule has 1 aromatic carbocycles. The fraction of sp³-hybridized carbons (Fsp3) is 0.519. The molecule has 0 aliphatic carbocycles. The van der Waals surface area contributed by atoms with Crippen LogP contribution in [0.5, 0.6) is 0 Å². The Hall–Kier alpha value is -3.05. The molecule has 3 aromatic rings. The zero-order chi connectivity index (χ0) is 27.0. The van der Waals surface area contributed by atoms with Crippen molar-refractivity contribution in [3.05, 3.63) is 42.2 Å². The molecule has 5 rings (SSSR count). The zero-order valence-electron chi connectivity index (χ0n) is 22.3. The minimum absolute atomic E-state index is 0.152. The van der Waals surface area contributed by atoms with Crippen LogP contribution < -0.4 is 15.1 Å². The van der Waals surface area contributed by atoms with E-state index in [1.165, 1.54) is 18.9 Å². The van der Waals surface area contributed by atoms with E-state index in [0.29, 0.717) is 49.6 Å². The van der Waals surface area contributed by atoms with Crippen molar-refractivity contribution in [1.29, 1.82) is 0 Å². The van der Waals surface area contributed by atoms with Crippen LogP contribution in [0.2, 0.25) is 0 Å². The lowest BCUT2D eigenvalue weighted by molar-refractivity contribution is 0.0194. The van der Waals surface area contributed by atoms with Gasteiger partial charge in [-0.1, -0.05) is 19.9 Å². The third-order valence-corrected chi connectivity index (χ3v) is 8.41. The number of nitrogens with zero attached hydrogens (tertiary/aromatic N) is 5. The molecular formula is C27H35FN6O3S. The van der Waals surface area contributed by atoms with E-state index in [2.05, 4.69) is 51.1 Å². The molecule has 0 amide bonds. The van der Waals surface area contributed by atoms with Gasteiger partial charge in [-0.15, -0.1) is 0 Å². The summed E-state index contributed by atoms with van der Waals surface area (Å²) in [7, 11) is -1.45. The standard InChI is InChI=1S/C27H35FN6O3S/c1-17(2)19-5-6-23(34-13-18(14-34)16-38(4,35)36)21-12-30-26(11-20(19)21)31-25-7-9-29-27(32-25)33-10-8-24(37-3)22(28)15-33/h5-7,9,11-12,17-18,22,24H,8,10,13-16H2,1-4H3,(H,29,30,31,32)/t22-,24+/m0/s1. The van der Waals surface area contributed by atoms with Gasteiger partial charge in [-0.05, 0) is 41.5 Å². The summed E-state index contributed by atoms with van der Waals surface area (Å²) in [5.41, 5.74) is 2.28. The lowest BCUT2D eigenvalue weighted by Crippen LogP contribution is -2.49. The van der Waals surface area contributed by atoms with E-state index >= 15 is 0 Å². The summed E-state index contributed by atoms with van der Waals surface area (Å²) in [6.07, 6.45) is 3.92. The van der Waals surface area contributed by atoms with Crippen LogP contribution in [0.4, 0.5) is 27.7 Å². The van der Waals surface area contributed by atoms with Crippen molar-refractivity contribution in [2.75, 3.05) is 60.4 Å². The van der Waals surface area contributed by atoms with Crippen molar-refractivity contribution >= 4 is 43.9 Å². The lowest BCUT2D eigenvalue weighted by Gasteiger charge is -2.41. The average molecular weight is 543 g/mol. The summed E-state index contributed by atoms with van der Waals surface area (Å²) in [6, 6.07) is 8.07. The van der Waals surface area contributed by atoms with Gasteiger partial charge in [0.1, 0.15) is 27.6 Å². The van der Waals surface area contributed by atoms with Crippen LogP contribution in [-0.2, 0) is 14.6 Å². The molecule has 2 saturated heterocycles. The van der Waals surface area contributed by atoms with Crippen molar-refractivity contribution in [2.24, 2.45) is 5.92 Å². The maximum absolute atomic E-state index is 14.4. The number of fused-ring (bicyclic) bond motifs is 1. The number of hydrogen-bond acceptors (Lipinski definition) is 9. The Morgan fingerprint density at radius 3 is 2.58 bits per heavy atom. The Morgan fingerprint density at radius 1 is 1.11 bits per heavy atom. The molecule has 2 atom stereocenters. The smallest absolute Gasteiger partial charge is 0.227 e. The van der Waals surface area contributed by atoms with Gasteiger partial charge >= 0.3 is 0 Å². The van der Waals surface area contributed by atoms with E-state index in [0.717, 1.165) is 16.5 Å². The van der Waals surface area contributed by atoms with Gasteiger partial charge in [0.15, 0.2) is 0 Å². The summed E-state index contributed by atoms with van der Waals surface area (Å²) in [5, 5.41) is 5.43. The molecule has 0 radical (unpaired) electrons. The van der Waals surface area contributed by atoms with Crippen LogP contribution >= 0.6 is 0 Å². The molecule has 0 saturated carbocycles. The molecule has 0 spiro atoms. The highest BCUT2D eigenvalue weighted by Gasteiger charge is 2.32. The molecule has 9 nitrogen and oxygen atoms in total. The summed E-state index contributed by atoms with van der Waals surface area (Å²) in [5.74, 6) is 2.39. The quantitative estimate of drug-likeness (QED) is 0.454. The molecule has 0 bridgehead atoms. The summed E-state index contributed by atoms with van der Waals surface area (Å²) >= 11 is 0. The number of nitrogens with one attached hydrogen (secondary N) is 1. The molecular weight excluding hydrogens is 507 g/mol. The van der Waals surface area contributed by atoms with Crippen molar-refractivity contribution in [3.8, 4) is 0 Å². The fourth-order valence-corrected chi connectivity index (χ4v) is 6.49. The number of aromatic nitrogens is 3. The maximum Gasteiger partial charge on any atom is 0.227 e. The molecule has 0 unspecified atom stereocenters. The van der Waals surface area contributed by atoms with Gasteiger partial charge in [-0.25, -0.2) is 22.8 Å². The number of anilines is 4. The molecule has 4 heterocycles. The number of methoxy groups -OCH3 is 1. The molecule has 38 heavy (non-hydrogen) atoms. The van der Waals surface area contributed by atoms with Crippen LogP contribution in [0.3, 0.4) is 0 Å². The molecule has 2 fully saturated rings. The Morgan fingerprint density at radius 2 is 1.89 bits per heavy atom. The Balaban J connectivity index is 1.37. The van der Waals surface area contributed by atoms with Crippen molar-refractivity contribution < 1.29 is 17.5 Å². The highest BCUT2D eigenvalue weighted by atomic mass is 32.2. The van der Waals surface area contributed by atoms with Crippen LogP contribution in [0.25, 0.3) is 10.8 Å².